The third-order valence-electron chi connectivity index (χ3n) is 8.23. The zero-order valence-corrected chi connectivity index (χ0v) is 20.9. The van der Waals surface area contributed by atoms with Gasteiger partial charge in [-0.2, -0.15) is 0 Å². The fraction of sp³-hybridized carbons (Fsp3) is 0.517. The molecule has 0 aromatic heterocycles. The Kier molecular flexibility index (Phi) is 6.88. The van der Waals surface area contributed by atoms with Crippen molar-refractivity contribution in [3.05, 3.63) is 59.2 Å². The first-order chi connectivity index (χ1) is 18.1. The van der Waals surface area contributed by atoms with Crippen molar-refractivity contribution in [1.29, 1.82) is 0 Å². The Morgan fingerprint density at radius 3 is 2.76 bits per heavy atom. The molecular weight excluding hydrogens is 472 g/mol. The van der Waals surface area contributed by atoms with Gasteiger partial charge in [0, 0.05) is 43.1 Å². The van der Waals surface area contributed by atoms with Gasteiger partial charge in [-0.3, -0.25) is 9.59 Å². The monoisotopic (exact) mass is 506 g/mol. The number of amides is 2. The number of nitrogens with one attached hydrogen (secondary N) is 1. The molecule has 8 nitrogen and oxygen atoms in total. The number of aliphatic hydroxyl groups excluding tert-OH is 1. The summed E-state index contributed by atoms with van der Waals surface area (Å²) in [6.07, 6.45) is 2.21. The van der Waals surface area contributed by atoms with Crippen molar-refractivity contribution in [2.24, 2.45) is 5.92 Å². The fourth-order valence-electron chi connectivity index (χ4n) is 6.29. The zero-order chi connectivity index (χ0) is 25.4. The zero-order valence-electron chi connectivity index (χ0n) is 20.9. The molecule has 196 valence electrons. The van der Waals surface area contributed by atoms with Gasteiger partial charge in [0.2, 0.25) is 11.8 Å². The summed E-state index contributed by atoms with van der Waals surface area (Å²) >= 11 is 0. The van der Waals surface area contributed by atoms with E-state index in [1.807, 2.05) is 35.2 Å². The fourth-order valence-corrected chi connectivity index (χ4v) is 6.29. The minimum Gasteiger partial charge on any atom is -0.490 e. The van der Waals surface area contributed by atoms with Crippen LogP contribution < -0.4 is 10.1 Å². The van der Waals surface area contributed by atoms with E-state index in [9.17, 15) is 14.7 Å². The predicted octanol–water partition coefficient (Wildman–Crippen LogP) is 3.02. The van der Waals surface area contributed by atoms with Crippen molar-refractivity contribution in [3.8, 4) is 5.75 Å². The molecule has 2 fully saturated rings. The van der Waals surface area contributed by atoms with Gasteiger partial charge in [-0.15, -0.1) is 0 Å². The molecule has 4 aliphatic heterocycles. The maximum absolute atomic E-state index is 13.3. The third-order valence-corrected chi connectivity index (χ3v) is 8.23. The first-order valence-corrected chi connectivity index (χ1v) is 13.4. The molecule has 0 unspecified atom stereocenters. The van der Waals surface area contributed by atoms with Crippen LogP contribution >= 0.6 is 0 Å². The van der Waals surface area contributed by atoms with E-state index in [0.717, 1.165) is 30.6 Å². The van der Waals surface area contributed by atoms with Crippen LogP contribution in [0.4, 0.5) is 5.69 Å². The van der Waals surface area contributed by atoms with E-state index in [2.05, 4.69) is 17.4 Å². The smallest absolute Gasteiger partial charge is 0.230 e. The van der Waals surface area contributed by atoms with E-state index in [0.29, 0.717) is 38.4 Å². The highest BCUT2D eigenvalue weighted by Gasteiger charge is 2.46. The number of hydrogen-bond donors (Lipinski definition) is 2. The van der Waals surface area contributed by atoms with Crippen LogP contribution in [0.3, 0.4) is 0 Å². The van der Waals surface area contributed by atoms with Gasteiger partial charge < -0.3 is 29.5 Å². The van der Waals surface area contributed by atoms with Crippen LogP contribution in [0, 0.1) is 5.92 Å². The summed E-state index contributed by atoms with van der Waals surface area (Å²) in [7, 11) is 0. The van der Waals surface area contributed by atoms with E-state index in [1.165, 1.54) is 11.1 Å². The van der Waals surface area contributed by atoms with Crippen LogP contribution in [0.5, 0.6) is 5.75 Å². The second-order valence-electron chi connectivity index (χ2n) is 10.6. The average molecular weight is 507 g/mol. The second-order valence-corrected chi connectivity index (χ2v) is 10.6. The van der Waals surface area contributed by atoms with Gasteiger partial charge in [0.15, 0.2) is 0 Å². The molecule has 0 spiro atoms. The molecule has 37 heavy (non-hydrogen) atoms. The van der Waals surface area contributed by atoms with E-state index >= 15 is 0 Å². The molecule has 2 aromatic rings. The van der Waals surface area contributed by atoms with Gasteiger partial charge in [0.1, 0.15) is 11.9 Å². The largest absolute Gasteiger partial charge is 0.490 e. The van der Waals surface area contributed by atoms with Gasteiger partial charge in [0.25, 0.3) is 0 Å². The maximum Gasteiger partial charge on any atom is 0.230 e. The molecule has 0 saturated carbocycles. The SMILES string of the molecule is O=C1Nc2ccc(OC3CCOCC3)c(c2)[C@@H]2C[C@@H](CC(=O)N3CCc4ccccc4C3)O[C@@H](CO)[C@H]12. The maximum atomic E-state index is 13.3. The Labute approximate surface area is 216 Å². The third kappa shape index (κ3) is 4.98. The van der Waals surface area contributed by atoms with Crippen molar-refractivity contribution in [3.63, 3.8) is 0 Å². The Balaban J connectivity index is 1.22. The Morgan fingerprint density at radius 2 is 1.95 bits per heavy atom. The number of anilines is 1. The minimum atomic E-state index is -0.691. The molecule has 4 atom stereocenters. The number of ether oxygens (including phenoxy) is 3. The Bertz CT molecular complexity index is 1160. The highest BCUT2D eigenvalue weighted by Crippen LogP contribution is 2.46. The molecule has 2 amide bonds. The van der Waals surface area contributed by atoms with Gasteiger partial charge in [0.05, 0.1) is 44.4 Å². The lowest BCUT2D eigenvalue weighted by atomic mass is 9.76. The molecular formula is C29H34N2O6. The van der Waals surface area contributed by atoms with Crippen molar-refractivity contribution in [1.82, 2.24) is 4.90 Å². The van der Waals surface area contributed by atoms with E-state index < -0.39 is 18.1 Å². The molecule has 0 radical (unpaired) electrons. The Hall–Kier alpha value is -2.94. The van der Waals surface area contributed by atoms with Crippen molar-refractivity contribution in [2.45, 2.75) is 62.9 Å². The summed E-state index contributed by atoms with van der Waals surface area (Å²) in [6.45, 7) is 2.35. The van der Waals surface area contributed by atoms with Crippen LogP contribution in [-0.4, -0.2) is 66.5 Å². The van der Waals surface area contributed by atoms with Crippen LogP contribution in [0.15, 0.2) is 42.5 Å². The van der Waals surface area contributed by atoms with Gasteiger partial charge >= 0.3 is 0 Å². The summed E-state index contributed by atoms with van der Waals surface area (Å²) in [5.74, 6) is -0.142. The summed E-state index contributed by atoms with van der Waals surface area (Å²) in [4.78, 5) is 28.5. The topological polar surface area (TPSA) is 97.3 Å². The number of carbonyl (C=O) groups is 2. The lowest BCUT2D eigenvalue weighted by Crippen LogP contribution is -2.48. The number of hydrogen-bond acceptors (Lipinski definition) is 6. The standard InChI is InChI=1S/C29H34N2O6/c32-17-26-28-24(14-22(37-26)15-27(33)31-10-7-18-3-1-2-4-19(18)16-31)23-13-20(30-29(28)34)5-6-25(23)36-21-8-11-35-12-9-21/h1-6,13,21-22,24,26,28,32H,7-12,14-17H2,(H,30,34)/t22-,24-,26-,28+/m0/s1. The summed E-state index contributed by atoms with van der Waals surface area (Å²) in [5, 5.41) is 13.2. The number of carbonyl (C=O) groups excluding carboxylic acids is 2. The molecule has 2 bridgehead atoms. The number of fused-ring (bicyclic) bond motifs is 5. The normalized spacial score (nSPS) is 27.5. The Morgan fingerprint density at radius 1 is 1.14 bits per heavy atom. The molecule has 6 rings (SSSR count). The number of rotatable bonds is 5. The molecule has 2 saturated heterocycles. The highest BCUT2D eigenvalue weighted by atomic mass is 16.5. The number of nitrogens with zero attached hydrogens (tertiary/aromatic N) is 1. The lowest BCUT2D eigenvalue weighted by Gasteiger charge is -2.41. The number of aliphatic hydroxyl groups is 1. The lowest BCUT2D eigenvalue weighted by molar-refractivity contribution is -0.152. The first kappa shape index (κ1) is 24.4. The molecule has 2 N–H and O–H groups in total. The molecule has 0 aliphatic carbocycles. The summed E-state index contributed by atoms with van der Waals surface area (Å²) in [5.41, 5.74) is 4.14. The van der Waals surface area contributed by atoms with E-state index in [1.54, 1.807) is 0 Å². The van der Waals surface area contributed by atoms with Gasteiger partial charge in [-0.25, -0.2) is 0 Å². The highest BCUT2D eigenvalue weighted by molar-refractivity contribution is 5.95. The predicted molar refractivity (Wildman–Crippen MR) is 136 cm³/mol. The minimum absolute atomic E-state index is 0.0418. The van der Waals surface area contributed by atoms with Crippen LogP contribution in [0.2, 0.25) is 0 Å². The van der Waals surface area contributed by atoms with Crippen LogP contribution in [0.25, 0.3) is 0 Å². The first-order valence-electron chi connectivity index (χ1n) is 13.4. The van der Waals surface area contributed by atoms with E-state index in [4.69, 9.17) is 14.2 Å². The summed E-state index contributed by atoms with van der Waals surface area (Å²) < 4.78 is 18.1. The molecule has 2 aromatic carbocycles. The van der Waals surface area contributed by atoms with Crippen molar-refractivity contribution in [2.75, 3.05) is 31.7 Å². The van der Waals surface area contributed by atoms with Gasteiger partial charge in [-0.1, -0.05) is 24.3 Å². The van der Waals surface area contributed by atoms with Crippen molar-refractivity contribution < 1.29 is 28.9 Å². The number of benzene rings is 2. The van der Waals surface area contributed by atoms with Crippen molar-refractivity contribution >= 4 is 17.5 Å². The molecule has 8 heteroatoms. The van der Waals surface area contributed by atoms with Crippen LogP contribution in [-0.2, 0) is 32.0 Å². The second kappa shape index (κ2) is 10.4. The molecule has 4 aliphatic rings. The average Bonchev–Trinajstić information content (AvgIpc) is 3.04. The van der Waals surface area contributed by atoms with E-state index in [-0.39, 0.29) is 36.9 Å². The summed E-state index contributed by atoms with van der Waals surface area (Å²) in [6, 6.07) is 14.0. The quantitative estimate of drug-likeness (QED) is 0.647. The van der Waals surface area contributed by atoms with Crippen LogP contribution in [0.1, 0.15) is 48.3 Å². The molecule has 4 heterocycles. The van der Waals surface area contributed by atoms with Gasteiger partial charge in [-0.05, 0) is 42.2 Å².